The molecule has 550 valence electrons. The number of pyridine rings is 4. The molecule has 0 aliphatic rings. The van der Waals surface area contributed by atoms with E-state index in [9.17, 15) is 0 Å². The Morgan fingerprint density at radius 2 is 0.547 bits per heavy atom. The van der Waals surface area contributed by atoms with Gasteiger partial charge in [0.2, 0.25) is 0 Å². The van der Waals surface area contributed by atoms with Crippen molar-refractivity contribution in [1.29, 1.82) is 0 Å². The summed E-state index contributed by atoms with van der Waals surface area (Å²) in [5.41, 5.74) is 31.0. The van der Waals surface area contributed by atoms with Gasteiger partial charge in [0.05, 0.1) is 67.3 Å². The monoisotopic (exact) mass is 1500 g/mol. The first-order chi connectivity index (χ1) is 58.0. The Morgan fingerprint density at radius 1 is 0.188 bits per heavy atom. The molecule has 23 rings (SSSR count). The third-order valence-corrected chi connectivity index (χ3v) is 22.3. The lowest BCUT2D eigenvalue weighted by Gasteiger charge is -2.12. The molecule has 0 aliphatic carbocycles. The number of fused-ring (bicyclic) bond motifs is 11. The Bertz CT molecular complexity index is 7310. The number of imidazole rings is 2. The number of aromatic nitrogens is 9. The molecule has 0 saturated heterocycles. The van der Waals surface area contributed by atoms with Crippen LogP contribution in [-0.2, 0) is 0 Å². The van der Waals surface area contributed by atoms with Crippen LogP contribution in [0.4, 0.5) is 0 Å². The summed E-state index contributed by atoms with van der Waals surface area (Å²) < 4.78 is 11.4. The number of rotatable bonds is 12. The Kier molecular flexibility index (Phi) is 17.7. The van der Waals surface area contributed by atoms with Gasteiger partial charge in [0, 0.05) is 101 Å². The van der Waals surface area contributed by atoms with E-state index in [4.69, 9.17) is 19.9 Å². The van der Waals surface area contributed by atoms with Crippen LogP contribution >= 0.6 is 0 Å². The standard InChI is InChI=1S/C46H31N3.2C31H21N3/c1-5-13-32(14-6-1)36-21-24-44-40(27-36)41-28-37(33-15-7-2-8-16-33)22-25-45(41)49(44)46-26-23-38(31-47-46)39-29-42(34-17-9-3-10-18-34)48-43(30-39)35-19-11-4-12-20-35;1-2-11-22(12-3-1)30-31(33-20-9-8-19-29(33)32-30)23-13-10-14-24(21-23)34-27-17-6-4-15-25(27)26-16-5-7-18-28(26)34;1-2-10-22(11-3-1)30-31(33-21-9-8-16-29(33)32-30)23-17-19-24(20-18-23)34-27-14-6-4-12-25(27)26-13-5-7-15-28(26)34/h1-31H;2*1-21H. The van der Waals surface area contributed by atoms with Crippen molar-refractivity contribution in [2.24, 2.45) is 0 Å². The van der Waals surface area contributed by atoms with Gasteiger partial charge in [-0.05, 0) is 149 Å². The lowest BCUT2D eigenvalue weighted by atomic mass is 10.0. The normalized spacial score (nSPS) is 11.4. The van der Waals surface area contributed by atoms with Crippen molar-refractivity contribution in [3.63, 3.8) is 0 Å². The van der Waals surface area contributed by atoms with Gasteiger partial charge in [-0.1, -0.05) is 303 Å². The molecule has 0 radical (unpaired) electrons. The summed E-state index contributed by atoms with van der Waals surface area (Å²) in [5, 5.41) is 7.49. The van der Waals surface area contributed by atoms with Gasteiger partial charge in [-0.15, -0.1) is 0 Å². The Morgan fingerprint density at radius 3 is 0.983 bits per heavy atom. The maximum atomic E-state index is 5.11. The largest absolute Gasteiger partial charge is 0.309 e. The van der Waals surface area contributed by atoms with Gasteiger partial charge < -0.3 is 9.13 Å². The molecule has 23 aromatic rings. The zero-order chi connectivity index (χ0) is 77.5. The van der Waals surface area contributed by atoms with Gasteiger partial charge in [0.1, 0.15) is 17.1 Å². The minimum absolute atomic E-state index is 0.879. The van der Waals surface area contributed by atoms with Crippen LogP contribution in [0.5, 0.6) is 0 Å². The highest BCUT2D eigenvalue weighted by Crippen LogP contribution is 2.42. The van der Waals surface area contributed by atoms with Crippen molar-refractivity contribution < 1.29 is 0 Å². The van der Waals surface area contributed by atoms with Gasteiger partial charge in [0.15, 0.2) is 0 Å². The minimum atomic E-state index is 0.879. The van der Waals surface area contributed by atoms with Gasteiger partial charge in [0.25, 0.3) is 0 Å². The smallest absolute Gasteiger partial charge is 0.137 e. The Labute approximate surface area is 676 Å². The van der Waals surface area contributed by atoms with Crippen LogP contribution in [0.2, 0.25) is 0 Å². The highest BCUT2D eigenvalue weighted by molar-refractivity contribution is 6.13. The van der Waals surface area contributed by atoms with E-state index in [-0.39, 0.29) is 0 Å². The van der Waals surface area contributed by atoms with Crippen molar-refractivity contribution in [3.05, 3.63) is 443 Å². The first kappa shape index (κ1) is 69.1. The highest BCUT2D eigenvalue weighted by Gasteiger charge is 2.22. The molecule has 14 aromatic carbocycles. The molecule has 0 N–H and O–H groups in total. The fraction of sp³-hybridized carbons (Fsp3) is 0. The number of hydrogen-bond acceptors (Lipinski definition) is 4. The molecule has 0 unspecified atom stereocenters. The van der Waals surface area contributed by atoms with Crippen molar-refractivity contribution in [3.8, 4) is 118 Å². The van der Waals surface area contributed by atoms with Crippen molar-refractivity contribution in [2.75, 3.05) is 0 Å². The van der Waals surface area contributed by atoms with E-state index in [2.05, 4.69) is 423 Å². The summed E-state index contributed by atoms with van der Waals surface area (Å²) in [6.07, 6.45) is 6.17. The van der Waals surface area contributed by atoms with Gasteiger partial charge in [-0.2, -0.15) is 0 Å². The lowest BCUT2D eigenvalue weighted by molar-refractivity contribution is 1.08. The van der Waals surface area contributed by atoms with Crippen LogP contribution in [0.25, 0.3) is 195 Å². The molecule has 117 heavy (non-hydrogen) atoms. The zero-order valence-electron chi connectivity index (χ0n) is 63.7. The number of para-hydroxylation sites is 4. The molecule has 0 spiro atoms. The minimum Gasteiger partial charge on any atom is -0.309 e. The van der Waals surface area contributed by atoms with Crippen molar-refractivity contribution in [2.45, 2.75) is 0 Å². The molecule has 9 heteroatoms. The van der Waals surface area contributed by atoms with Crippen LogP contribution < -0.4 is 0 Å². The summed E-state index contributed by atoms with van der Waals surface area (Å²) in [4.78, 5) is 20.1. The van der Waals surface area contributed by atoms with E-state index in [0.717, 1.165) is 118 Å². The van der Waals surface area contributed by atoms with E-state index in [1.807, 2.05) is 42.6 Å². The third-order valence-electron chi connectivity index (χ3n) is 22.3. The van der Waals surface area contributed by atoms with Gasteiger partial charge >= 0.3 is 0 Å². The van der Waals surface area contributed by atoms with E-state index in [1.165, 1.54) is 76.6 Å². The third kappa shape index (κ3) is 12.8. The molecule has 0 aliphatic heterocycles. The van der Waals surface area contributed by atoms with E-state index in [0.29, 0.717) is 0 Å². The Balaban J connectivity index is 0.000000112. The maximum absolute atomic E-state index is 5.11. The predicted molar refractivity (Wildman–Crippen MR) is 484 cm³/mol. The molecule has 9 nitrogen and oxygen atoms in total. The summed E-state index contributed by atoms with van der Waals surface area (Å²) in [5.74, 6) is 0.879. The van der Waals surface area contributed by atoms with Crippen molar-refractivity contribution >= 4 is 76.7 Å². The number of benzene rings is 14. The summed E-state index contributed by atoms with van der Waals surface area (Å²) >= 11 is 0. The molecular formula is C108H73N9. The molecule has 9 aromatic heterocycles. The summed E-state index contributed by atoms with van der Waals surface area (Å²) in [7, 11) is 0. The fourth-order valence-corrected chi connectivity index (χ4v) is 16.9. The number of hydrogen-bond donors (Lipinski definition) is 0. The molecule has 0 atom stereocenters. The SMILES string of the molecule is c1ccc(-c2ccc3c(c2)c2cc(-c4ccccc4)ccc2n3-c2ccc(-c3cc(-c4ccccc4)nc(-c4ccccc4)c3)cn2)cc1.c1ccc(-c2nc3ccccn3c2-c2ccc(-n3c4ccccc4c4ccccc43)cc2)cc1.c1ccc(-c2nc3ccccn3c2-c2cccc(-n3c4ccccc4c4ccccc43)c2)cc1. The van der Waals surface area contributed by atoms with Crippen LogP contribution in [0.1, 0.15) is 0 Å². The fourth-order valence-electron chi connectivity index (χ4n) is 16.9. The second-order valence-corrected chi connectivity index (χ2v) is 29.3. The van der Waals surface area contributed by atoms with Gasteiger partial charge in [-0.25, -0.2) is 19.9 Å². The van der Waals surface area contributed by atoms with Gasteiger partial charge in [-0.3, -0.25) is 13.4 Å². The average molecular weight is 1500 g/mol. The molecule has 0 fully saturated rings. The second-order valence-electron chi connectivity index (χ2n) is 29.3. The Hall–Kier alpha value is -15.8. The average Bonchev–Trinajstić information content (AvgIpc) is 1.59. The molecule has 9 heterocycles. The summed E-state index contributed by atoms with van der Waals surface area (Å²) in [6.45, 7) is 0. The van der Waals surface area contributed by atoms with E-state index >= 15 is 0 Å². The van der Waals surface area contributed by atoms with Crippen LogP contribution in [-0.4, -0.2) is 42.4 Å². The first-order valence-corrected chi connectivity index (χ1v) is 39.6. The van der Waals surface area contributed by atoms with E-state index < -0.39 is 0 Å². The summed E-state index contributed by atoms with van der Waals surface area (Å²) in [6, 6.07) is 149. The first-order valence-electron chi connectivity index (χ1n) is 39.6. The van der Waals surface area contributed by atoms with E-state index in [1.54, 1.807) is 0 Å². The lowest BCUT2D eigenvalue weighted by Crippen LogP contribution is -1.98. The molecule has 0 amide bonds. The molecular weight excluding hydrogens is 1420 g/mol. The molecule has 0 saturated carbocycles. The predicted octanol–water partition coefficient (Wildman–Crippen LogP) is 27.4. The maximum Gasteiger partial charge on any atom is 0.137 e. The van der Waals surface area contributed by atoms with Crippen LogP contribution in [0.3, 0.4) is 0 Å². The highest BCUT2D eigenvalue weighted by atomic mass is 15.1. The van der Waals surface area contributed by atoms with Crippen LogP contribution in [0.15, 0.2) is 443 Å². The topological polar surface area (TPSA) is 75.2 Å². The molecule has 0 bridgehead atoms. The second kappa shape index (κ2) is 30.0. The van der Waals surface area contributed by atoms with Crippen molar-refractivity contribution in [1.82, 2.24) is 42.4 Å². The zero-order valence-corrected chi connectivity index (χ0v) is 63.7. The number of nitrogens with zero attached hydrogens (tertiary/aromatic N) is 9. The van der Waals surface area contributed by atoms with Crippen LogP contribution in [0, 0.1) is 0 Å². The quantitative estimate of drug-likeness (QED) is 0.122.